The van der Waals surface area contributed by atoms with Gasteiger partial charge in [-0.05, 0) is 42.4 Å². The zero-order valence-electron chi connectivity index (χ0n) is 10.8. The number of aryl methyl sites for hydroxylation is 1. The van der Waals surface area contributed by atoms with Crippen LogP contribution in [0.15, 0.2) is 36.4 Å². The second-order valence-electron chi connectivity index (χ2n) is 4.73. The lowest BCUT2D eigenvalue weighted by Gasteiger charge is -2.08. The molecule has 1 N–H and O–H groups in total. The summed E-state index contributed by atoms with van der Waals surface area (Å²) >= 11 is 17.6. The molecule has 0 aliphatic heterocycles. The summed E-state index contributed by atoms with van der Waals surface area (Å²) in [6.45, 7) is 2.81. The van der Waals surface area contributed by atoms with Gasteiger partial charge in [-0.15, -0.1) is 0 Å². The standard InChI is InChI=1S/C15H12Cl2N2S/c1-9-4-2-3-5-10(9)8-19-14-7-12(17)11(16)6-13(14)18-15(19)20/h2-7H,8H2,1H3,(H,18,20). The van der Waals surface area contributed by atoms with E-state index >= 15 is 0 Å². The number of halogens is 2. The molecule has 1 aromatic heterocycles. The number of rotatable bonds is 2. The van der Waals surface area contributed by atoms with Gasteiger partial charge < -0.3 is 9.55 Å². The van der Waals surface area contributed by atoms with Crippen LogP contribution in [0.3, 0.4) is 0 Å². The Bertz CT molecular complexity index is 849. The van der Waals surface area contributed by atoms with Gasteiger partial charge >= 0.3 is 0 Å². The first-order valence-corrected chi connectivity index (χ1v) is 7.35. The molecule has 102 valence electrons. The average Bonchev–Trinajstić information content (AvgIpc) is 2.69. The number of aromatic nitrogens is 2. The molecule has 0 atom stereocenters. The van der Waals surface area contributed by atoms with Crippen molar-refractivity contribution < 1.29 is 0 Å². The molecule has 0 saturated heterocycles. The summed E-state index contributed by atoms with van der Waals surface area (Å²) < 4.78 is 2.71. The Morgan fingerprint density at radius 2 is 1.85 bits per heavy atom. The number of fused-ring (bicyclic) bond motifs is 1. The van der Waals surface area contributed by atoms with E-state index in [1.54, 1.807) is 0 Å². The minimum Gasteiger partial charge on any atom is -0.331 e. The summed E-state index contributed by atoms with van der Waals surface area (Å²) in [6, 6.07) is 11.9. The van der Waals surface area contributed by atoms with Gasteiger partial charge in [-0.25, -0.2) is 0 Å². The van der Waals surface area contributed by atoms with Gasteiger partial charge in [0.05, 0.1) is 27.6 Å². The molecule has 0 aliphatic rings. The highest BCUT2D eigenvalue weighted by atomic mass is 35.5. The molecule has 2 aromatic carbocycles. The van der Waals surface area contributed by atoms with Crippen molar-refractivity contribution in [2.24, 2.45) is 0 Å². The smallest absolute Gasteiger partial charge is 0.178 e. The SMILES string of the molecule is Cc1ccccc1Cn1c(=S)[nH]c2cc(Cl)c(Cl)cc21. The highest BCUT2D eigenvalue weighted by Gasteiger charge is 2.09. The van der Waals surface area contributed by atoms with Crippen molar-refractivity contribution in [1.29, 1.82) is 0 Å². The first kappa shape index (κ1) is 13.7. The molecule has 0 aliphatic carbocycles. The van der Waals surface area contributed by atoms with Crippen LogP contribution in [0.5, 0.6) is 0 Å². The van der Waals surface area contributed by atoms with E-state index in [0.29, 0.717) is 21.4 Å². The summed E-state index contributed by atoms with van der Waals surface area (Å²) in [4.78, 5) is 3.17. The lowest BCUT2D eigenvalue weighted by Crippen LogP contribution is -2.01. The zero-order valence-corrected chi connectivity index (χ0v) is 13.1. The molecule has 0 saturated carbocycles. The summed E-state index contributed by atoms with van der Waals surface area (Å²) in [5, 5.41) is 1.06. The Morgan fingerprint density at radius 1 is 1.15 bits per heavy atom. The summed E-state index contributed by atoms with van der Waals surface area (Å²) in [5.41, 5.74) is 4.34. The normalized spacial score (nSPS) is 11.2. The van der Waals surface area contributed by atoms with Gasteiger partial charge in [0.25, 0.3) is 0 Å². The second-order valence-corrected chi connectivity index (χ2v) is 5.93. The van der Waals surface area contributed by atoms with E-state index in [0.717, 1.165) is 11.0 Å². The molecule has 0 radical (unpaired) electrons. The van der Waals surface area contributed by atoms with Gasteiger partial charge in [0.15, 0.2) is 4.77 Å². The van der Waals surface area contributed by atoms with Crippen molar-refractivity contribution in [3.63, 3.8) is 0 Å². The van der Waals surface area contributed by atoms with Crippen molar-refractivity contribution in [3.05, 3.63) is 62.3 Å². The molecule has 0 spiro atoms. The Labute approximate surface area is 132 Å². The number of hydrogen-bond donors (Lipinski definition) is 1. The molecule has 3 aromatic rings. The number of hydrogen-bond acceptors (Lipinski definition) is 1. The van der Waals surface area contributed by atoms with Gasteiger partial charge in [0, 0.05) is 0 Å². The van der Waals surface area contributed by atoms with Gasteiger partial charge in [-0.2, -0.15) is 0 Å². The fraction of sp³-hybridized carbons (Fsp3) is 0.133. The fourth-order valence-electron chi connectivity index (χ4n) is 2.27. The quantitative estimate of drug-likeness (QED) is 0.629. The minimum absolute atomic E-state index is 0.526. The van der Waals surface area contributed by atoms with Crippen LogP contribution in [-0.2, 0) is 6.54 Å². The van der Waals surface area contributed by atoms with E-state index in [1.807, 2.05) is 28.8 Å². The predicted octanol–water partition coefficient (Wildman–Crippen LogP) is 5.36. The maximum absolute atomic E-state index is 6.11. The van der Waals surface area contributed by atoms with Crippen molar-refractivity contribution in [2.45, 2.75) is 13.5 Å². The number of benzene rings is 2. The number of aromatic amines is 1. The number of imidazole rings is 1. The van der Waals surface area contributed by atoms with E-state index in [1.165, 1.54) is 11.1 Å². The van der Waals surface area contributed by atoms with Crippen molar-refractivity contribution in [1.82, 2.24) is 9.55 Å². The molecule has 0 bridgehead atoms. The fourth-order valence-corrected chi connectivity index (χ4v) is 2.86. The Morgan fingerprint density at radius 3 is 2.60 bits per heavy atom. The topological polar surface area (TPSA) is 20.7 Å². The van der Waals surface area contributed by atoms with E-state index in [-0.39, 0.29) is 0 Å². The van der Waals surface area contributed by atoms with Gasteiger partial charge in [0.1, 0.15) is 0 Å². The summed E-state index contributed by atoms with van der Waals surface area (Å²) in [5.74, 6) is 0. The molecule has 3 rings (SSSR count). The molecule has 0 fully saturated rings. The van der Waals surface area contributed by atoms with Gasteiger partial charge in [-0.3, -0.25) is 0 Å². The maximum atomic E-state index is 6.11. The van der Waals surface area contributed by atoms with Crippen molar-refractivity contribution in [2.75, 3.05) is 0 Å². The van der Waals surface area contributed by atoms with E-state index < -0.39 is 0 Å². The Kier molecular flexibility index (Phi) is 3.59. The van der Waals surface area contributed by atoms with Gasteiger partial charge in [-0.1, -0.05) is 47.5 Å². The third-order valence-electron chi connectivity index (χ3n) is 3.41. The van der Waals surface area contributed by atoms with E-state index in [4.69, 9.17) is 35.4 Å². The first-order valence-electron chi connectivity index (χ1n) is 6.18. The molecule has 2 nitrogen and oxygen atoms in total. The first-order chi connectivity index (χ1) is 9.56. The van der Waals surface area contributed by atoms with Crippen LogP contribution in [0.4, 0.5) is 0 Å². The van der Waals surface area contributed by atoms with Crippen LogP contribution < -0.4 is 0 Å². The Hall–Kier alpha value is -1.29. The molecule has 0 amide bonds. The Balaban J connectivity index is 2.17. The van der Waals surface area contributed by atoms with Crippen molar-refractivity contribution in [3.8, 4) is 0 Å². The van der Waals surface area contributed by atoms with Gasteiger partial charge in [0.2, 0.25) is 0 Å². The van der Waals surface area contributed by atoms with Crippen molar-refractivity contribution >= 4 is 46.5 Å². The highest BCUT2D eigenvalue weighted by Crippen LogP contribution is 2.28. The van der Waals surface area contributed by atoms with E-state index in [9.17, 15) is 0 Å². The number of H-pyrrole nitrogens is 1. The summed E-state index contributed by atoms with van der Waals surface area (Å²) in [7, 11) is 0. The minimum atomic E-state index is 0.526. The van der Waals surface area contributed by atoms with Crippen LogP contribution in [0.2, 0.25) is 10.0 Å². The van der Waals surface area contributed by atoms with Crippen LogP contribution >= 0.6 is 35.4 Å². The zero-order chi connectivity index (χ0) is 14.3. The molecular weight excluding hydrogens is 311 g/mol. The highest BCUT2D eigenvalue weighted by molar-refractivity contribution is 7.71. The monoisotopic (exact) mass is 322 g/mol. The third kappa shape index (κ3) is 2.37. The maximum Gasteiger partial charge on any atom is 0.178 e. The molecular formula is C15H12Cl2N2S. The molecule has 5 heteroatoms. The molecule has 1 heterocycles. The largest absolute Gasteiger partial charge is 0.331 e. The van der Waals surface area contributed by atoms with Crippen LogP contribution in [0.25, 0.3) is 11.0 Å². The molecule has 20 heavy (non-hydrogen) atoms. The van der Waals surface area contributed by atoms with E-state index in [2.05, 4.69) is 24.0 Å². The number of nitrogens with one attached hydrogen (secondary N) is 1. The summed E-state index contributed by atoms with van der Waals surface area (Å²) in [6.07, 6.45) is 0. The van der Waals surface area contributed by atoms with Crippen LogP contribution in [-0.4, -0.2) is 9.55 Å². The van der Waals surface area contributed by atoms with Crippen LogP contribution in [0, 0.1) is 11.7 Å². The lowest BCUT2D eigenvalue weighted by atomic mass is 10.1. The third-order valence-corrected chi connectivity index (χ3v) is 4.45. The molecule has 0 unspecified atom stereocenters. The lowest BCUT2D eigenvalue weighted by molar-refractivity contribution is 0.805. The number of nitrogens with zero attached hydrogens (tertiary/aromatic N) is 1. The van der Waals surface area contributed by atoms with Crippen LogP contribution in [0.1, 0.15) is 11.1 Å². The predicted molar refractivity (Wildman–Crippen MR) is 87.4 cm³/mol. The second kappa shape index (κ2) is 5.24. The average molecular weight is 323 g/mol.